The summed E-state index contributed by atoms with van der Waals surface area (Å²) in [6.07, 6.45) is 0. The fraction of sp³-hybridized carbons (Fsp3) is 0.0800. The maximum absolute atomic E-state index is 13.5. The van der Waals surface area contributed by atoms with Crippen LogP contribution in [0.15, 0.2) is 102 Å². The van der Waals surface area contributed by atoms with Crippen LogP contribution in [0, 0.1) is 0 Å². The Kier molecular flexibility index (Phi) is 6.09. The summed E-state index contributed by atoms with van der Waals surface area (Å²) in [4.78, 5) is 13.0. The smallest absolute Gasteiger partial charge is 0.264 e. The molecule has 0 fully saturated rings. The first-order chi connectivity index (χ1) is 15.5. The van der Waals surface area contributed by atoms with E-state index < -0.39 is 22.5 Å². The molecule has 1 amide bonds. The van der Waals surface area contributed by atoms with Crippen molar-refractivity contribution in [3.63, 3.8) is 0 Å². The van der Waals surface area contributed by atoms with Gasteiger partial charge >= 0.3 is 0 Å². The third kappa shape index (κ3) is 4.43. The Hall–Kier alpha value is -3.84. The lowest BCUT2D eigenvalue weighted by Crippen LogP contribution is -2.38. The number of carbonyl (C=O) groups excluding carboxylic acids is 1. The quantitative estimate of drug-likeness (QED) is 0.447. The lowest BCUT2D eigenvalue weighted by atomic mass is 10.1. The number of rotatable bonds is 7. The number of nitrogens with zero attached hydrogens (tertiary/aromatic N) is 1. The van der Waals surface area contributed by atoms with Crippen LogP contribution in [-0.4, -0.2) is 28.0 Å². The SMILES string of the molecule is COc1ccccc1N(CC(=O)Nc1ccc2ccccc2c1)S(=O)(=O)c1ccccc1. The largest absolute Gasteiger partial charge is 0.495 e. The van der Waals surface area contributed by atoms with Gasteiger partial charge in [0, 0.05) is 5.69 Å². The zero-order chi connectivity index (χ0) is 22.6. The second kappa shape index (κ2) is 9.11. The molecule has 0 aromatic heterocycles. The minimum Gasteiger partial charge on any atom is -0.495 e. The van der Waals surface area contributed by atoms with E-state index in [-0.39, 0.29) is 10.6 Å². The summed E-state index contributed by atoms with van der Waals surface area (Å²) in [7, 11) is -2.56. The number of methoxy groups -OCH3 is 1. The van der Waals surface area contributed by atoms with E-state index >= 15 is 0 Å². The molecule has 0 heterocycles. The van der Waals surface area contributed by atoms with Crippen LogP contribution in [0.5, 0.6) is 5.75 Å². The van der Waals surface area contributed by atoms with E-state index in [9.17, 15) is 13.2 Å². The molecule has 0 unspecified atom stereocenters. The third-order valence-electron chi connectivity index (χ3n) is 5.01. The first-order valence-corrected chi connectivity index (χ1v) is 11.4. The normalized spacial score (nSPS) is 11.2. The van der Waals surface area contributed by atoms with E-state index in [1.807, 2.05) is 36.4 Å². The van der Waals surface area contributed by atoms with Crippen molar-refractivity contribution >= 4 is 38.1 Å². The molecule has 0 bridgehead atoms. The van der Waals surface area contributed by atoms with Crippen LogP contribution in [-0.2, 0) is 14.8 Å². The van der Waals surface area contributed by atoms with Crippen LogP contribution in [0.25, 0.3) is 10.8 Å². The van der Waals surface area contributed by atoms with Gasteiger partial charge in [0.1, 0.15) is 12.3 Å². The lowest BCUT2D eigenvalue weighted by molar-refractivity contribution is -0.114. The van der Waals surface area contributed by atoms with Crippen LogP contribution >= 0.6 is 0 Å². The van der Waals surface area contributed by atoms with Gasteiger partial charge in [0.2, 0.25) is 5.91 Å². The monoisotopic (exact) mass is 446 g/mol. The van der Waals surface area contributed by atoms with Crippen molar-refractivity contribution < 1.29 is 17.9 Å². The summed E-state index contributed by atoms with van der Waals surface area (Å²) >= 11 is 0. The maximum atomic E-state index is 13.5. The molecule has 7 heteroatoms. The second-order valence-electron chi connectivity index (χ2n) is 7.11. The molecule has 0 aliphatic heterocycles. The first kappa shape index (κ1) is 21.4. The van der Waals surface area contributed by atoms with Gasteiger partial charge < -0.3 is 10.1 Å². The van der Waals surface area contributed by atoms with E-state index in [0.717, 1.165) is 15.1 Å². The zero-order valence-corrected chi connectivity index (χ0v) is 18.2. The Labute approximate surface area is 187 Å². The van der Waals surface area contributed by atoms with Gasteiger partial charge in [-0.25, -0.2) is 8.42 Å². The molecule has 4 aromatic rings. The van der Waals surface area contributed by atoms with Crippen molar-refractivity contribution in [2.24, 2.45) is 0 Å². The average molecular weight is 447 g/mol. The van der Waals surface area contributed by atoms with Crippen LogP contribution < -0.4 is 14.4 Å². The molecule has 32 heavy (non-hydrogen) atoms. The van der Waals surface area contributed by atoms with Gasteiger partial charge in [-0.1, -0.05) is 60.7 Å². The summed E-state index contributed by atoms with van der Waals surface area (Å²) in [6, 6.07) is 28.1. The van der Waals surface area contributed by atoms with Crippen LogP contribution in [0.1, 0.15) is 0 Å². The Morgan fingerprint density at radius 1 is 0.844 bits per heavy atom. The highest BCUT2D eigenvalue weighted by atomic mass is 32.2. The molecule has 1 N–H and O–H groups in total. The number of anilines is 2. The predicted molar refractivity (Wildman–Crippen MR) is 127 cm³/mol. The average Bonchev–Trinajstić information content (AvgIpc) is 2.83. The lowest BCUT2D eigenvalue weighted by Gasteiger charge is -2.25. The molecule has 0 aliphatic carbocycles. The Morgan fingerprint density at radius 2 is 1.50 bits per heavy atom. The fourth-order valence-electron chi connectivity index (χ4n) is 3.45. The van der Waals surface area contributed by atoms with Gasteiger partial charge in [-0.2, -0.15) is 0 Å². The van der Waals surface area contributed by atoms with Crippen molar-refractivity contribution in [3.05, 3.63) is 97.1 Å². The van der Waals surface area contributed by atoms with Crippen molar-refractivity contribution in [2.75, 3.05) is 23.3 Å². The maximum Gasteiger partial charge on any atom is 0.264 e. The second-order valence-corrected chi connectivity index (χ2v) is 8.97. The number of ether oxygens (including phenoxy) is 1. The van der Waals surface area contributed by atoms with Crippen molar-refractivity contribution in [1.82, 2.24) is 0 Å². The van der Waals surface area contributed by atoms with Crippen LogP contribution in [0.2, 0.25) is 0 Å². The molecule has 0 saturated heterocycles. The van der Waals surface area contributed by atoms with E-state index in [2.05, 4.69) is 5.32 Å². The Morgan fingerprint density at radius 3 is 2.25 bits per heavy atom. The van der Waals surface area contributed by atoms with Gasteiger partial charge in [0.25, 0.3) is 10.0 Å². The highest BCUT2D eigenvalue weighted by Gasteiger charge is 2.29. The highest BCUT2D eigenvalue weighted by molar-refractivity contribution is 7.92. The van der Waals surface area contributed by atoms with Crippen molar-refractivity contribution in [2.45, 2.75) is 4.90 Å². The number of amides is 1. The zero-order valence-electron chi connectivity index (χ0n) is 17.4. The number of hydrogen-bond donors (Lipinski definition) is 1. The number of sulfonamides is 1. The summed E-state index contributed by atoms with van der Waals surface area (Å²) in [5.41, 5.74) is 0.873. The third-order valence-corrected chi connectivity index (χ3v) is 6.78. The minimum atomic E-state index is -4.02. The summed E-state index contributed by atoms with van der Waals surface area (Å²) in [6.45, 7) is -0.412. The molecule has 0 saturated carbocycles. The molecular formula is C25H22N2O4S. The molecular weight excluding hydrogens is 424 g/mol. The molecule has 0 spiro atoms. The van der Waals surface area contributed by atoms with Gasteiger partial charge in [0.05, 0.1) is 17.7 Å². The first-order valence-electron chi connectivity index (χ1n) is 9.98. The number of nitrogens with one attached hydrogen (secondary N) is 1. The topological polar surface area (TPSA) is 75.7 Å². The number of fused-ring (bicyclic) bond motifs is 1. The summed E-state index contributed by atoms with van der Waals surface area (Å²) in [5.74, 6) is -0.115. The molecule has 162 valence electrons. The standard InChI is InChI=1S/C25H22N2O4S/c1-31-24-14-8-7-13-23(24)27(32(29,30)22-11-3-2-4-12-22)18-25(28)26-21-16-15-19-9-5-6-10-20(19)17-21/h2-17H,18H2,1H3,(H,26,28). The van der Waals surface area contributed by atoms with Crippen LogP contribution in [0.3, 0.4) is 0 Å². The van der Waals surface area contributed by atoms with E-state index in [1.54, 1.807) is 48.5 Å². The summed E-state index contributed by atoms with van der Waals surface area (Å²) < 4.78 is 33.3. The van der Waals surface area contributed by atoms with E-state index in [4.69, 9.17) is 4.74 Å². The molecule has 0 aliphatic rings. The van der Waals surface area contributed by atoms with Crippen LogP contribution in [0.4, 0.5) is 11.4 Å². The number of carbonyl (C=O) groups is 1. The van der Waals surface area contributed by atoms with Gasteiger partial charge in [-0.3, -0.25) is 9.10 Å². The Bertz CT molecular complexity index is 1350. The van der Waals surface area contributed by atoms with Gasteiger partial charge in [-0.05, 0) is 47.2 Å². The van der Waals surface area contributed by atoms with Gasteiger partial charge in [0.15, 0.2) is 0 Å². The minimum absolute atomic E-state index is 0.0874. The number of hydrogen-bond acceptors (Lipinski definition) is 4. The van der Waals surface area contributed by atoms with E-state index in [1.165, 1.54) is 19.2 Å². The molecule has 0 radical (unpaired) electrons. The number of para-hydroxylation sites is 2. The molecule has 4 aromatic carbocycles. The molecule has 4 rings (SSSR count). The van der Waals surface area contributed by atoms with E-state index in [0.29, 0.717) is 11.4 Å². The van der Waals surface area contributed by atoms with Crippen molar-refractivity contribution in [3.8, 4) is 5.75 Å². The number of benzene rings is 4. The van der Waals surface area contributed by atoms with Crippen molar-refractivity contribution in [1.29, 1.82) is 0 Å². The Balaban J connectivity index is 1.67. The summed E-state index contributed by atoms with van der Waals surface area (Å²) in [5, 5.41) is 4.83. The molecule has 0 atom stereocenters. The van der Waals surface area contributed by atoms with Gasteiger partial charge in [-0.15, -0.1) is 0 Å². The predicted octanol–water partition coefficient (Wildman–Crippen LogP) is 4.68. The fourth-order valence-corrected chi connectivity index (χ4v) is 4.91. The highest BCUT2D eigenvalue weighted by Crippen LogP contribution is 2.32. The molecule has 6 nitrogen and oxygen atoms in total.